The molecule has 0 aromatic heterocycles. The third-order valence-electron chi connectivity index (χ3n) is 3.96. The van der Waals surface area contributed by atoms with Crippen LogP contribution in [0, 0.1) is 0 Å². The maximum absolute atomic E-state index is 11.4. The van der Waals surface area contributed by atoms with E-state index in [-0.39, 0.29) is 0 Å². The summed E-state index contributed by atoms with van der Waals surface area (Å²) in [5, 5.41) is 6.09. The molecule has 0 atom stereocenters. The topological polar surface area (TPSA) is 34.1 Å². The van der Waals surface area contributed by atoms with Crippen molar-refractivity contribution in [3.63, 3.8) is 0 Å². The third kappa shape index (κ3) is 1.28. The van der Waals surface area contributed by atoms with E-state index in [1.165, 1.54) is 0 Å². The number of carbonyl (C=O) groups excluding carboxylic acids is 2. The van der Waals surface area contributed by atoms with E-state index in [1.54, 1.807) is 6.07 Å². The van der Waals surface area contributed by atoms with E-state index < -0.39 is 0 Å². The summed E-state index contributed by atoms with van der Waals surface area (Å²) >= 11 is 0. The summed E-state index contributed by atoms with van der Waals surface area (Å²) in [5.41, 5.74) is 1.12. The van der Waals surface area contributed by atoms with Gasteiger partial charge >= 0.3 is 0 Å². The molecule has 0 unspecified atom stereocenters. The molecule has 0 heterocycles. The molecule has 0 amide bonds. The largest absolute Gasteiger partial charge is 0.298 e. The van der Waals surface area contributed by atoms with Crippen molar-refractivity contribution < 1.29 is 9.59 Å². The van der Waals surface area contributed by atoms with Gasteiger partial charge in [0.05, 0.1) is 0 Å². The minimum absolute atomic E-state index is 0.561. The van der Waals surface area contributed by atoms with E-state index in [0.29, 0.717) is 11.1 Å². The Kier molecular flexibility index (Phi) is 2.15. The second-order valence-corrected chi connectivity index (χ2v) is 4.97. The molecule has 0 aliphatic rings. The molecule has 0 saturated carbocycles. The van der Waals surface area contributed by atoms with Gasteiger partial charge in [0.15, 0.2) is 12.6 Å². The summed E-state index contributed by atoms with van der Waals surface area (Å²) in [5.74, 6) is 0. The molecule has 4 rings (SSSR count). The van der Waals surface area contributed by atoms with Gasteiger partial charge in [-0.05, 0) is 38.4 Å². The van der Waals surface area contributed by atoms with E-state index in [0.717, 1.165) is 44.9 Å². The molecule has 0 saturated heterocycles. The van der Waals surface area contributed by atoms with E-state index in [9.17, 15) is 9.59 Å². The Morgan fingerprint density at radius 3 is 1.60 bits per heavy atom. The van der Waals surface area contributed by atoms with Crippen molar-refractivity contribution in [1.82, 2.24) is 0 Å². The smallest absolute Gasteiger partial charge is 0.150 e. The van der Waals surface area contributed by atoms with Crippen LogP contribution >= 0.6 is 0 Å². The summed E-state index contributed by atoms with van der Waals surface area (Å²) in [4.78, 5) is 22.8. The van der Waals surface area contributed by atoms with Crippen LogP contribution < -0.4 is 0 Å². The summed E-state index contributed by atoms with van der Waals surface area (Å²) < 4.78 is 0. The first kappa shape index (κ1) is 11.1. The fourth-order valence-electron chi connectivity index (χ4n) is 3.08. The lowest BCUT2D eigenvalue weighted by molar-refractivity contribution is 0.112. The molecule has 0 radical (unpaired) electrons. The molecule has 0 aliphatic carbocycles. The van der Waals surface area contributed by atoms with Gasteiger partial charge < -0.3 is 0 Å². The zero-order valence-electron chi connectivity index (χ0n) is 10.6. The van der Waals surface area contributed by atoms with Gasteiger partial charge in [-0.1, -0.05) is 42.5 Å². The second kappa shape index (κ2) is 3.87. The monoisotopic (exact) mass is 258 g/mol. The molecular formula is C18H10O2. The van der Waals surface area contributed by atoms with E-state index in [1.807, 2.05) is 42.5 Å². The molecule has 0 spiro atoms. The first-order valence-corrected chi connectivity index (χ1v) is 6.44. The summed E-state index contributed by atoms with van der Waals surface area (Å²) in [7, 11) is 0. The first-order chi connectivity index (χ1) is 9.83. The highest BCUT2D eigenvalue weighted by molar-refractivity contribution is 6.27. The summed E-state index contributed by atoms with van der Waals surface area (Å²) in [6.45, 7) is 0. The van der Waals surface area contributed by atoms with Crippen molar-refractivity contribution in [1.29, 1.82) is 0 Å². The molecule has 0 bridgehead atoms. The minimum atomic E-state index is 0.561. The first-order valence-electron chi connectivity index (χ1n) is 6.44. The number of rotatable bonds is 2. The fourth-order valence-corrected chi connectivity index (χ4v) is 3.08. The molecule has 0 fully saturated rings. The lowest BCUT2D eigenvalue weighted by Gasteiger charge is -1.91. The average Bonchev–Trinajstić information content (AvgIpc) is 2.98. The molecule has 2 heteroatoms. The maximum Gasteiger partial charge on any atom is 0.150 e. The van der Waals surface area contributed by atoms with Crippen LogP contribution in [-0.2, 0) is 0 Å². The van der Waals surface area contributed by atoms with Gasteiger partial charge in [-0.3, -0.25) is 9.59 Å². The van der Waals surface area contributed by atoms with Crippen LogP contribution in [0.15, 0.2) is 48.5 Å². The quantitative estimate of drug-likeness (QED) is 0.505. The van der Waals surface area contributed by atoms with Crippen molar-refractivity contribution in [3.8, 4) is 0 Å². The van der Waals surface area contributed by atoms with Gasteiger partial charge in [-0.15, -0.1) is 0 Å². The zero-order valence-corrected chi connectivity index (χ0v) is 10.6. The van der Waals surface area contributed by atoms with Crippen molar-refractivity contribution in [2.45, 2.75) is 0 Å². The highest BCUT2D eigenvalue weighted by Gasteiger charge is 2.13. The average molecular weight is 258 g/mol. The number of aldehydes is 2. The Hall–Kier alpha value is -2.74. The molecule has 20 heavy (non-hydrogen) atoms. The van der Waals surface area contributed by atoms with E-state index in [4.69, 9.17) is 0 Å². The van der Waals surface area contributed by atoms with Crippen molar-refractivity contribution in [3.05, 3.63) is 59.7 Å². The number of hydrogen-bond donors (Lipinski definition) is 0. The van der Waals surface area contributed by atoms with Gasteiger partial charge in [0.25, 0.3) is 0 Å². The third-order valence-corrected chi connectivity index (χ3v) is 3.96. The van der Waals surface area contributed by atoms with Gasteiger partial charge in [0, 0.05) is 11.1 Å². The van der Waals surface area contributed by atoms with Gasteiger partial charge in [0.1, 0.15) is 0 Å². The zero-order chi connectivity index (χ0) is 13.7. The Morgan fingerprint density at radius 1 is 0.650 bits per heavy atom. The standard InChI is InChI=1S/C18H10O2/c19-9-13-8-14(10-20)16-7-5-12-3-1-2-11-4-6-15(13)17(11)18(12)16/h1-10H. The Labute approximate surface area is 115 Å². The van der Waals surface area contributed by atoms with Crippen LogP contribution in [0.3, 0.4) is 0 Å². The van der Waals surface area contributed by atoms with E-state index in [2.05, 4.69) is 0 Å². The van der Waals surface area contributed by atoms with Crippen molar-refractivity contribution >= 4 is 44.9 Å². The van der Waals surface area contributed by atoms with Crippen LogP contribution in [0.2, 0.25) is 0 Å². The Morgan fingerprint density at radius 2 is 1.15 bits per heavy atom. The molecule has 0 aliphatic heterocycles. The van der Waals surface area contributed by atoms with Crippen LogP contribution in [-0.4, -0.2) is 12.6 Å². The fraction of sp³-hybridized carbons (Fsp3) is 0. The predicted molar refractivity (Wildman–Crippen MR) is 80.9 cm³/mol. The van der Waals surface area contributed by atoms with Crippen LogP contribution in [0.5, 0.6) is 0 Å². The van der Waals surface area contributed by atoms with Crippen molar-refractivity contribution in [2.24, 2.45) is 0 Å². The Balaban J connectivity index is 2.51. The maximum atomic E-state index is 11.4. The molecule has 0 N–H and O–H groups in total. The van der Waals surface area contributed by atoms with Gasteiger partial charge in [-0.2, -0.15) is 0 Å². The van der Waals surface area contributed by atoms with Crippen LogP contribution in [0.1, 0.15) is 20.7 Å². The lowest BCUT2D eigenvalue weighted by atomic mass is 10.1. The molecular weight excluding hydrogens is 248 g/mol. The minimum Gasteiger partial charge on any atom is -0.298 e. The van der Waals surface area contributed by atoms with E-state index >= 15 is 0 Å². The van der Waals surface area contributed by atoms with Crippen LogP contribution in [0.25, 0.3) is 32.3 Å². The van der Waals surface area contributed by atoms with Crippen LogP contribution in [0.4, 0.5) is 0 Å². The summed E-state index contributed by atoms with van der Waals surface area (Å²) in [6.07, 6.45) is 1.64. The van der Waals surface area contributed by atoms with Gasteiger partial charge in [-0.25, -0.2) is 0 Å². The second-order valence-electron chi connectivity index (χ2n) is 4.97. The lowest BCUT2D eigenvalue weighted by Crippen LogP contribution is -1.80. The number of carbonyl (C=O) groups is 2. The highest BCUT2D eigenvalue weighted by atomic mass is 16.1. The molecule has 4 aromatic rings. The molecule has 94 valence electrons. The van der Waals surface area contributed by atoms with Crippen molar-refractivity contribution in [2.75, 3.05) is 0 Å². The molecule has 2 nitrogen and oxygen atoms in total. The predicted octanol–water partition coefficient (Wildman–Crippen LogP) is 4.21. The normalized spacial score (nSPS) is 11.4. The highest BCUT2D eigenvalue weighted by Crippen LogP contribution is 2.36. The SMILES string of the molecule is O=Cc1cc(C=O)c2ccc3cccc4ccc1c4c32. The molecule has 4 aromatic carbocycles. The van der Waals surface area contributed by atoms with Gasteiger partial charge in [0.2, 0.25) is 0 Å². The number of hydrogen-bond acceptors (Lipinski definition) is 2. The Bertz CT molecular complexity index is 906. The summed E-state index contributed by atoms with van der Waals surface area (Å²) in [6, 6.07) is 15.7.